The van der Waals surface area contributed by atoms with Gasteiger partial charge in [-0.3, -0.25) is 0 Å². The Morgan fingerprint density at radius 1 is 1.58 bits per heavy atom. The maximum Gasteiger partial charge on any atom is 0.0784 e. The van der Waals surface area contributed by atoms with E-state index in [2.05, 4.69) is 12.3 Å². The number of rotatable bonds is 4. The molecule has 0 aromatic heterocycles. The van der Waals surface area contributed by atoms with E-state index in [0.29, 0.717) is 11.6 Å². The predicted octanol–water partition coefficient (Wildman–Crippen LogP) is 3.04. The Kier molecular flexibility index (Phi) is 6.50. The van der Waals surface area contributed by atoms with Gasteiger partial charge in [0.15, 0.2) is 0 Å². The van der Waals surface area contributed by atoms with Crippen LogP contribution in [0.4, 0.5) is 0 Å². The van der Waals surface area contributed by atoms with Gasteiger partial charge in [0.2, 0.25) is 0 Å². The first-order valence-electron chi connectivity index (χ1n) is 3.62. The molecular formula is C10H13ClO. The summed E-state index contributed by atoms with van der Waals surface area (Å²) in [5.41, 5.74) is 3.64. The highest BCUT2D eigenvalue weighted by molar-refractivity contribution is 6.31. The Labute approximate surface area is 78.7 Å². The second-order valence-corrected chi connectivity index (χ2v) is 2.58. The lowest BCUT2D eigenvalue weighted by Gasteiger charge is -1.95. The molecule has 0 saturated carbocycles. The van der Waals surface area contributed by atoms with Crippen molar-refractivity contribution in [2.45, 2.75) is 6.92 Å². The van der Waals surface area contributed by atoms with Crippen LogP contribution in [0.3, 0.4) is 0 Å². The second kappa shape index (κ2) is 6.93. The smallest absolute Gasteiger partial charge is 0.0784 e. The van der Waals surface area contributed by atoms with Crippen LogP contribution < -0.4 is 0 Å². The average Bonchev–Trinajstić information content (AvgIpc) is 2.11. The van der Waals surface area contributed by atoms with Crippen LogP contribution in [0.2, 0.25) is 0 Å². The topological polar surface area (TPSA) is 9.23 Å². The first kappa shape index (κ1) is 11.2. The van der Waals surface area contributed by atoms with Crippen molar-refractivity contribution in [2.24, 2.45) is 0 Å². The van der Waals surface area contributed by atoms with Crippen LogP contribution in [-0.2, 0) is 4.74 Å². The lowest BCUT2D eigenvalue weighted by Crippen LogP contribution is -1.88. The Morgan fingerprint density at radius 3 is 2.67 bits per heavy atom. The molecule has 0 aromatic rings. The summed E-state index contributed by atoms with van der Waals surface area (Å²) in [6.45, 7) is 5.91. The molecule has 0 amide bonds. The van der Waals surface area contributed by atoms with E-state index in [1.807, 2.05) is 19.1 Å². The summed E-state index contributed by atoms with van der Waals surface area (Å²) >= 11 is 5.74. The minimum atomic E-state index is 0.508. The fourth-order valence-corrected chi connectivity index (χ4v) is 0.653. The van der Waals surface area contributed by atoms with Crippen molar-refractivity contribution in [2.75, 3.05) is 13.7 Å². The Morgan fingerprint density at radius 2 is 2.25 bits per heavy atom. The minimum absolute atomic E-state index is 0.508. The highest BCUT2D eigenvalue weighted by Crippen LogP contribution is 2.04. The molecule has 0 rings (SSSR count). The van der Waals surface area contributed by atoms with E-state index >= 15 is 0 Å². The zero-order valence-electron chi connectivity index (χ0n) is 7.43. The lowest BCUT2D eigenvalue weighted by molar-refractivity contribution is 0.228. The highest BCUT2D eigenvalue weighted by atomic mass is 35.5. The van der Waals surface area contributed by atoms with E-state index in [1.54, 1.807) is 13.2 Å². The standard InChI is InChI=1S/C10H13ClO/c1-4-9(8-12-3)6-7-10(11)5-2/h5-7H,1,8H2,2-3H3/b7-6-,10-5+. The van der Waals surface area contributed by atoms with E-state index in [1.165, 1.54) is 0 Å². The van der Waals surface area contributed by atoms with Crippen LogP contribution in [0.25, 0.3) is 0 Å². The molecule has 2 heteroatoms. The molecule has 0 radical (unpaired) electrons. The molecule has 0 aromatic carbocycles. The summed E-state index contributed by atoms with van der Waals surface area (Å²) < 4.78 is 4.91. The normalized spacial score (nSPS) is 11.8. The second-order valence-electron chi connectivity index (χ2n) is 2.14. The van der Waals surface area contributed by atoms with Gasteiger partial charge < -0.3 is 4.74 Å². The number of allylic oxidation sites excluding steroid dienone is 3. The van der Waals surface area contributed by atoms with E-state index in [4.69, 9.17) is 16.3 Å². The average molecular weight is 185 g/mol. The van der Waals surface area contributed by atoms with Crippen LogP contribution in [0.15, 0.2) is 41.1 Å². The van der Waals surface area contributed by atoms with E-state index in [9.17, 15) is 0 Å². The molecule has 0 atom stereocenters. The van der Waals surface area contributed by atoms with Crippen LogP contribution in [-0.4, -0.2) is 13.7 Å². The van der Waals surface area contributed by atoms with Gasteiger partial charge in [-0.05, 0) is 19.1 Å². The fourth-order valence-electron chi connectivity index (χ4n) is 0.590. The maximum atomic E-state index is 5.74. The van der Waals surface area contributed by atoms with Crippen LogP contribution in [0.5, 0.6) is 0 Å². The van der Waals surface area contributed by atoms with Gasteiger partial charge in [-0.15, -0.1) is 5.73 Å². The molecule has 0 aliphatic heterocycles. The van der Waals surface area contributed by atoms with E-state index in [0.717, 1.165) is 5.57 Å². The monoisotopic (exact) mass is 184 g/mol. The van der Waals surface area contributed by atoms with E-state index < -0.39 is 0 Å². The molecule has 0 fully saturated rings. The summed E-state index contributed by atoms with van der Waals surface area (Å²) in [7, 11) is 1.63. The highest BCUT2D eigenvalue weighted by Gasteiger charge is 1.88. The van der Waals surface area contributed by atoms with Crippen molar-refractivity contribution in [3.8, 4) is 0 Å². The zero-order valence-corrected chi connectivity index (χ0v) is 8.19. The number of methoxy groups -OCH3 is 1. The maximum absolute atomic E-state index is 5.74. The molecule has 0 spiro atoms. The van der Waals surface area contributed by atoms with Crippen molar-refractivity contribution in [3.63, 3.8) is 0 Å². The Bertz CT molecular complexity index is 232. The molecule has 12 heavy (non-hydrogen) atoms. The summed E-state index contributed by atoms with van der Waals surface area (Å²) in [5.74, 6) is 0. The number of hydrogen-bond acceptors (Lipinski definition) is 1. The van der Waals surface area contributed by atoms with Gasteiger partial charge in [0, 0.05) is 17.7 Å². The van der Waals surface area contributed by atoms with Gasteiger partial charge in [0.25, 0.3) is 0 Å². The SMILES string of the molecule is C=C=C(/C=C\C(Cl)=C/C)COC. The molecule has 66 valence electrons. The van der Waals surface area contributed by atoms with Gasteiger partial charge in [-0.1, -0.05) is 24.3 Å². The quantitative estimate of drug-likeness (QED) is 0.482. The van der Waals surface area contributed by atoms with Crippen molar-refractivity contribution < 1.29 is 4.74 Å². The molecule has 0 saturated heterocycles. The van der Waals surface area contributed by atoms with Crippen molar-refractivity contribution in [1.29, 1.82) is 0 Å². The molecule has 0 bridgehead atoms. The number of halogens is 1. The molecule has 0 heterocycles. The summed E-state index contributed by atoms with van der Waals surface area (Å²) in [4.78, 5) is 0. The first-order valence-corrected chi connectivity index (χ1v) is 4.00. The van der Waals surface area contributed by atoms with Crippen LogP contribution >= 0.6 is 11.6 Å². The predicted molar refractivity (Wildman–Crippen MR) is 53.3 cm³/mol. The molecule has 0 unspecified atom stereocenters. The molecule has 0 aliphatic rings. The van der Waals surface area contributed by atoms with Gasteiger partial charge in [-0.25, -0.2) is 0 Å². The molecular weight excluding hydrogens is 172 g/mol. The summed E-state index contributed by atoms with van der Waals surface area (Å²) in [6, 6.07) is 0. The minimum Gasteiger partial charge on any atom is -0.379 e. The third-order valence-electron chi connectivity index (χ3n) is 1.25. The largest absolute Gasteiger partial charge is 0.379 e. The first-order chi connectivity index (χ1) is 5.74. The van der Waals surface area contributed by atoms with E-state index in [-0.39, 0.29) is 0 Å². The van der Waals surface area contributed by atoms with Crippen LogP contribution in [0, 0.1) is 0 Å². The molecule has 1 nitrogen and oxygen atoms in total. The van der Waals surface area contributed by atoms with Gasteiger partial charge in [-0.2, -0.15) is 0 Å². The molecule has 0 N–H and O–H groups in total. The van der Waals surface area contributed by atoms with Crippen molar-refractivity contribution >= 4 is 11.6 Å². The number of ether oxygens (including phenoxy) is 1. The Hall–Kier alpha value is -0.750. The van der Waals surface area contributed by atoms with Gasteiger partial charge in [0.1, 0.15) is 0 Å². The summed E-state index contributed by atoms with van der Waals surface area (Å²) in [6.07, 6.45) is 5.43. The fraction of sp³-hybridized carbons (Fsp3) is 0.300. The van der Waals surface area contributed by atoms with Gasteiger partial charge >= 0.3 is 0 Å². The van der Waals surface area contributed by atoms with Crippen molar-refractivity contribution in [3.05, 3.63) is 41.1 Å². The lowest BCUT2D eigenvalue weighted by atomic mass is 10.2. The zero-order chi connectivity index (χ0) is 9.40. The third kappa shape index (κ3) is 4.97. The number of hydrogen-bond donors (Lipinski definition) is 0. The summed E-state index contributed by atoms with van der Waals surface area (Å²) in [5, 5.41) is 0.693. The molecule has 0 aliphatic carbocycles. The third-order valence-corrected chi connectivity index (χ3v) is 1.59. The van der Waals surface area contributed by atoms with Crippen molar-refractivity contribution in [1.82, 2.24) is 0 Å². The Balaban J connectivity index is 4.22. The van der Waals surface area contributed by atoms with Gasteiger partial charge in [0.05, 0.1) is 6.61 Å². The van der Waals surface area contributed by atoms with Crippen LogP contribution in [0.1, 0.15) is 6.92 Å².